The van der Waals surface area contributed by atoms with E-state index >= 15 is 0 Å². The van der Waals surface area contributed by atoms with E-state index in [1.165, 1.54) is 13.2 Å². The maximum absolute atomic E-state index is 12.7. The normalized spacial score (nSPS) is 11.2. The zero-order valence-electron chi connectivity index (χ0n) is 12.4. The Kier molecular flexibility index (Phi) is 5.20. The fraction of sp³-hybridized carbons (Fsp3) is 0.267. The van der Waals surface area contributed by atoms with Crippen LogP contribution in [0, 0.1) is 0 Å². The summed E-state index contributed by atoms with van der Waals surface area (Å²) in [6.07, 6.45) is 0.856. The van der Waals surface area contributed by atoms with Crippen LogP contribution in [-0.4, -0.2) is 28.0 Å². The molecule has 0 aliphatic heterocycles. The number of carbonyl (C=O) groups excluding carboxylic acids is 1. The topological polar surface area (TPSA) is 63.7 Å². The third kappa shape index (κ3) is 3.48. The zero-order chi connectivity index (χ0) is 16.2. The van der Waals surface area contributed by atoms with Crippen LogP contribution in [0.1, 0.15) is 12.5 Å². The van der Waals surface area contributed by atoms with Crippen molar-refractivity contribution >= 4 is 33.0 Å². The lowest BCUT2D eigenvalue weighted by atomic mass is 10.1. The molecule has 0 aliphatic carbocycles. The molecule has 1 heterocycles. The Hall–Kier alpha value is -1.86. The number of rotatable bonds is 6. The summed E-state index contributed by atoms with van der Waals surface area (Å²) in [7, 11) is -2.55. The first-order chi connectivity index (χ1) is 10.5. The van der Waals surface area contributed by atoms with Crippen molar-refractivity contribution in [1.29, 1.82) is 0 Å². The Morgan fingerprint density at radius 2 is 1.91 bits per heavy atom. The average molecular weight is 339 g/mol. The fourth-order valence-electron chi connectivity index (χ4n) is 1.91. The van der Waals surface area contributed by atoms with E-state index in [2.05, 4.69) is 4.74 Å². The molecule has 0 aliphatic rings. The third-order valence-electron chi connectivity index (χ3n) is 3.17. The van der Waals surface area contributed by atoms with Gasteiger partial charge in [-0.15, -0.1) is 11.3 Å². The molecule has 5 nitrogen and oxygen atoms in total. The fourth-order valence-corrected chi connectivity index (χ4v) is 4.43. The molecular formula is C15H17NO4S2. The molecular weight excluding hydrogens is 322 g/mol. The zero-order valence-corrected chi connectivity index (χ0v) is 14.0. The van der Waals surface area contributed by atoms with Crippen molar-refractivity contribution in [2.45, 2.75) is 17.6 Å². The van der Waals surface area contributed by atoms with E-state index in [9.17, 15) is 13.2 Å². The average Bonchev–Trinajstić information content (AvgIpc) is 3.07. The molecule has 1 aromatic heterocycles. The van der Waals surface area contributed by atoms with Crippen molar-refractivity contribution in [2.75, 3.05) is 18.0 Å². The van der Waals surface area contributed by atoms with Gasteiger partial charge in [0.2, 0.25) is 0 Å². The van der Waals surface area contributed by atoms with Crippen molar-refractivity contribution in [3.05, 3.63) is 47.3 Å². The summed E-state index contributed by atoms with van der Waals surface area (Å²) < 4.78 is 31.3. The Bertz CT molecular complexity index is 721. The lowest BCUT2D eigenvalue weighted by Gasteiger charge is -2.22. The molecule has 2 rings (SSSR count). The van der Waals surface area contributed by atoms with E-state index in [0.717, 1.165) is 27.6 Å². The summed E-state index contributed by atoms with van der Waals surface area (Å²) in [5.74, 6) is -0.611. The van der Waals surface area contributed by atoms with Gasteiger partial charge in [0.1, 0.15) is 10.8 Å². The number of ether oxygens (including phenoxy) is 1. The van der Waals surface area contributed by atoms with Gasteiger partial charge in [-0.2, -0.15) is 0 Å². The molecule has 0 saturated heterocycles. The first-order valence-electron chi connectivity index (χ1n) is 6.71. The van der Waals surface area contributed by atoms with Gasteiger partial charge in [0.25, 0.3) is 10.0 Å². The number of carbonyl (C=O) groups is 1. The van der Waals surface area contributed by atoms with Crippen LogP contribution in [0.4, 0.5) is 5.69 Å². The maximum Gasteiger partial charge on any atom is 0.326 e. The number of sulfonamides is 1. The van der Waals surface area contributed by atoms with Crippen molar-refractivity contribution in [1.82, 2.24) is 0 Å². The number of hydrogen-bond acceptors (Lipinski definition) is 5. The Balaban J connectivity index is 2.44. The monoisotopic (exact) mass is 339 g/mol. The number of methoxy groups -OCH3 is 1. The van der Waals surface area contributed by atoms with E-state index in [1.54, 1.807) is 23.6 Å². The summed E-state index contributed by atoms with van der Waals surface area (Å²) in [6, 6.07) is 10.3. The summed E-state index contributed by atoms with van der Waals surface area (Å²) in [4.78, 5) is 11.6. The van der Waals surface area contributed by atoms with E-state index in [4.69, 9.17) is 0 Å². The standard InChI is InChI=1S/C15H17NO4S2/c1-3-12-6-8-13(9-7-12)16(11-14(17)20-2)22(18,19)15-5-4-10-21-15/h4-10H,3,11H2,1-2H3. The van der Waals surface area contributed by atoms with Crippen LogP contribution in [0.25, 0.3) is 0 Å². The van der Waals surface area contributed by atoms with Gasteiger partial charge in [-0.05, 0) is 35.6 Å². The summed E-state index contributed by atoms with van der Waals surface area (Å²) in [5, 5.41) is 1.68. The molecule has 0 unspecified atom stereocenters. The lowest BCUT2D eigenvalue weighted by Crippen LogP contribution is -2.35. The lowest BCUT2D eigenvalue weighted by molar-refractivity contribution is -0.138. The van der Waals surface area contributed by atoms with Crippen LogP contribution in [0.3, 0.4) is 0 Å². The van der Waals surface area contributed by atoms with Crippen molar-refractivity contribution in [2.24, 2.45) is 0 Å². The van der Waals surface area contributed by atoms with Crippen molar-refractivity contribution in [3.8, 4) is 0 Å². The molecule has 0 saturated carbocycles. The van der Waals surface area contributed by atoms with Gasteiger partial charge >= 0.3 is 5.97 Å². The summed E-state index contributed by atoms with van der Waals surface area (Å²) in [6.45, 7) is 1.66. The number of esters is 1. The second-order valence-corrected chi connectivity index (χ2v) is 7.58. The van der Waals surface area contributed by atoms with Crippen LogP contribution in [0.15, 0.2) is 46.0 Å². The van der Waals surface area contributed by atoms with Crippen molar-refractivity contribution in [3.63, 3.8) is 0 Å². The van der Waals surface area contributed by atoms with Gasteiger partial charge in [-0.25, -0.2) is 8.42 Å². The summed E-state index contributed by atoms with van der Waals surface area (Å²) in [5.41, 5.74) is 1.53. The molecule has 0 radical (unpaired) electrons. The van der Waals surface area contributed by atoms with Crippen LogP contribution < -0.4 is 4.31 Å². The minimum Gasteiger partial charge on any atom is -0.468 e. The highest BCUT2D eigenvalue weighted by atomic mass is 32.2. The van der Waals surface area contributed by atoms with E-state index < -0.39 is 16.0 Å². The van der Waals surface area contributed by atoms with Gasteiger partial charge in [-0.3, -0.25) is 9.10 Å². The van der Waals surface area contributed by atoms with Crippen LogP contribution >= 0.6 is 11.3 Å². The number of thiophene rings is 1. The quantitative estimate of drug-likeness (QED) is 0.759. The van der Waals surface area contributed by atoms with Gasteiger partial charge in [-0.1, -0.05) is 25.1 Å². The first kappa shape index (κ1) is 16.5. The smallest absolute Gasteiger partial charge is 0.326 e. The number of hydrogen-bond donors (Lipinski definition) is 0. The molecule has 7 heteroatoms. The third-order valence-corrected chi connectivity index (χ3v) is 6.32. The highest BCUT2D eigenvalue weighted by molar-refractivity contribution is 7.94. The second kappa shape index (κ2) is 6.93. The molecule has 0 bridgehead atoms. The molecule has 1 aromatic carbocycles. The molecule has 2 aromatic rings. The largest absolute Gasteiger partial charge is 0.468 e. The Morgan fingerprint density at radius 1 is 1.23 bits per heavy atom. The first-order valence-corrected chi connectivity index (χ1v) is 9.03. The molecule has 0 amide bonds. The van der Waals surface area contributed by atoms with Crippen molar-refractivity contribution < 1.29 is 17.9 Å². The van der Waals surface area contributed by atoms with Crippen LogP contribution in [0.2, 0.25) is 0 Å². The highest BCUT2D eigenvalue weighted by Gasteiger charge is 2.28. The van der Waals surface area contributed by atoms with Crippen LogP contribution in [-0.2, 0) is 26.0 Å². The Labute approximate surface area is 134 Å². The highest BCUT2D eigenvalue weighted by Crippen LogP contribution is 2.26. The second-order valence-electron chi connectivity index (χ2n) is 4.54. The van der Waals surface area contributed by atoms with Gasteiger partial charge in [0.05, 0.1) is 12.8 Å². The predicted octanol–water partition coefficient (Wildman–Crippen LogP) is 2.68. The number of anilines is 1. The minimum atomic E-state index is -3.78. The van der Waals surface area contributed by atoms with E-state index in [1.807, 2.05) is 19.1 Å². The Morgan fingerprint density at radius 3 is 2.41 bits per heavy atom. The number of aryl methyl sites for hydroxylation is 1. The maximum atomic E-state index is 12.7. The SMILES string of the molecule is CCc1ccc(N(CC(=O)OC)S(=O)(=O)c2cccs2)cc1. The van der Waals surface area contributed by atoms with Crippen LogP contribution in [0.5, 0.6) is 0 Å². The van der Waals surface area contributed by atoms with E-state index in [0.29, 0.717) is 5.69 Å². The number of nitrogens with zero attached hydrogens (tertiary/aromatic N) is 1. The molecule has 0 spiro atoms. The molecule has 22 heavy (non-hydrogen) atoms. The van der Waals surface area contributed by atoms with Gasteiger partial charge < -0.3 is 4.74 Å². The minimum absolute atomic E-state index is 0.191. The van der Waals surface area contributed by atoms with Gasteiger partial charge in [0.15, 0.2) is 0 Å². The molecule has 0 atom stereocenters. The van der Waals surface area contributed by atoms with E-state index in [-0.39, 0.29) is 10.8 Å². The van der Waals surface area contributed by atoms with Gasteiger partial charge in [0, 0.05) is 0 Å². The summed E-state index contributed by atoms with van der Waals surface area (Å²) >= 11 is 1.11. The predicted molar refractivity (Wildman–Crippen MR) is 86.7 cm³/mol. The number of benzene rings is 1. The molecule has 0 N–H and O–H groups in total. The molecule has 118 valence electrons. The molecule has 0 fully saturated rings.